The zero-order valence-electron chi connectivity index (χ0n) is 17.7. The molecule has 9 nitrogen and oxygen atoms in total. The first-order chi connectivity index (χ1) is 14.3. The van der Waals surface area contributed by atoms with Gasteiger partial charge >= 0.3 is 0 Å². The lowest BCUT2D eigenvalue weighted by molar-refractivity contribution is -0.125. The summed E-state index contributed by atoms with van der Waals surface area (Å²) in [7, 11) is 2.01. The van der Waals surface area contributed by atoms with Gasteiger partial charge in [0, 0.05) is 25.3 Å². The maximum atomic E-state index is 11.9. The van der Waals surface area contributed by atoms with Gasteiger partial charge in [-0.3, -0.25) is 9.69 Å². The minimum absolute atomic E-state index is 0.000204. The Morgan fingerprint density at radius 1 is 1.20 bits per heavy atom. The van der Waals surface area contributed by atoms with Crippen LogP contribution in [0.3, 0.4) is 0 Å². The van der Waals surface area contributed by atoms with Crippen LogP contribution in [0.1, 0.15) is 31.5 Å². The summed E-state index contributed by atoms with van der Waals surface area (Å²) in [6.45, 7) is 5.39. The van der Waals surface area contributed by atoms with Gasteiger partial charge in [-0.2, -0.15) is 0 Å². The fraction of sp³-hybridized carbons (Fsp3) is 0.571. The van der Waals surface area contributed by atoms with Crippen molar-refractivity contribution in [3.05, 3.63) is 47.8 Å². The van der Waals surface area contributed by atoms with Crippen LogP contribution in [-0.2, 0) is 29.2 Å². The largest absolute Gasteiger partial charge is 0.388 e. The van der Waals surface area contributed by atoms with Gasteiger partial charge in [0.1, 0.15) is 18.3 Å². The standard InChI is InChI=1S/C21H31N5O4/c1-14(2)22-19(27)9-17-20(28)21(29)18(30-17)13-26-12-16(23-24-26)11-25(3)10-15-7-5-4-6-8-15/h4-8,12,14,17-18,20-21,28-29H,9-11,13H2,1-3H3,(H,22,27)/t17-,18-,20+,21-/m1/s1. The molecule has 0 saturated carbocycles. The summed E-state index contributed by atoms with van der Waals surface area (Å²) in [5, 5.41) is 31.6. The Morgan fingerprint density at radius 3 is 2.60 bits per heavy atom. The average molecular weight is 418 g/mol. The molecule has 0 bridgehead atoms. The van der Waals surface area contributed by atoms with E-state index in [1.165, 1.54) is 5.56 Å². The molecule has 2 heterocycles. The van der Waals surface area contributed by atoms with Crippen LogP contribution in [0.2, 0.25) is 0 Å². The molecule has 4 atom stereocenters. The maximum Gasteiger partial charge on any atom is 0.222 e. The second-order valence-electron chi connectivity index (χ2n) is 8.21. The van der Waals surface area contributed by atoms with Gasteiger partial charge in [0.05, 0.1) is 24.8 Å². The van der Waals surface area contributed by atoms with E-state index in [0.29, 0.717) is 6.54 Å². The van der Waals surface area contributed by atoms with E-state index < -0.39 is 24.4 Å². The number of amides is 1. The molecular formula is C21H31N5O4. The van der Waals surface area contributed by atoms with Gasteiger partial charge in [0.25, 0.3) is 0 Å². The molecule has 9 heteroatoms. The third-order valence-electron chi connectivity index (χ3n) is 4.98. The number of benzene rings is 1. The van der Waals surface area contributed by atoms with E-state index in [0.717, 1.165) is 12.2 Å². The lowest BCUT2D eigenvalue weighted by Gasteiger charge is -2.15. The first kappa shape index (κ1) is 22.4. The van der Waals surface area contributed by atoms with E-state index in [2.05, 4.69) is 32.7 Å². The molecule has 1 aliphatic rings. The number of aliphatic hydroxyl groups is 2. The van der Waals surface area contributed by atoms with Gasteiger partial charge in [0.2, 0.25) is 5.91 Å². The number of nitrogens with zero attached hydrogens (tertiary/aromatic N) is 4. The third kappa shape index (κ3) is 6.09. The molecule has 164 valence electrons. The van der Waals surface area contributed by atoms with Crippen LogP contribution in [0.5, 0.6) is 0 Å². The van der Waals surface area contributed by atoms with Crippen molar-refractivity contribution < 1.29 is 19.7 Å². The molecule has 2 aromatic rings. The molecule has 1 amide bonds. The molecule has 0 spiro atoms. The Hall–Kier alpha value is -2.33. The topological polar surface area (TPSA) is 113 Å². The van der Waals surface area contributed by atoms with Crippen molar-refractivity contribution in [2.75, 3.05) is 7.05 Å². The number of aliphatic hydroxyl groups excluding tert-OH is 2. The minimum atomic E-state index is -1.12. The van der Waals surface area contributed by atoms with Crippen molar-refractivity contribution >= 4 is 5.91 Å². The van der Waals surface area contributed by atoms with Gasteiger partial charge < -0.3 is 20.3 Å². The minimum Gasteiger partial charge on any atom is -0.388 e. The van der Waals surface area contributed by atoms with Crippen LogP contribution in [0.25, 0.3) is 0 Å². The van der Waals surface area contributed by atoms with E-state index in [1.54, 1.807) is 4.68 Å². The normalized spacial score (nSPS) is 24.0. The van der Waals surface area contributed by atoms with Crippen LogP contribution in [-0.4, -0.2) is 73.5 Å². The van der Waals surface area contributed by atoms with Gasteiger partial charge in [-0.25, -0.2) is 4.68 Å². The maximum absolute atomic E-state index is 11.9. The average Bonchev–Trinajstić information content (AvgIpc) is 3.22. The third-order valence-corrected chi connectivity index (χ3v) is 4.98. The van der Waals surface area contributed by atoms with Crippen LogP contribution >= 0.6 is 0 Å². The first-order valence-corrected chi connectivity index (χ1v) is 10.2. The van der Waals surface area contributed by atoms with Gasteiger partial charge in [-0.05, 0) is 26.5 Å². The molecule has 0 radical (unpaired) electrons. The molecule has 0 unspecified atom stereocenters. The Bertz CT molecular complexity index is 813. The smallest absolute Gasteiger partial charge is 0.222 e. The van der Waals surface area contributed by atoms with Gasteiger partial charge in [0.15, 0.2) is 0 Å². The highest BCUT2D eigenvalue weighted by atomic mass is 16.5. The van der Waals surface area contributed by atoms with Gasteiger partial charge in [-0.1, -0.05) is 35.5 Å². The van der Waals surface area contributed by atoms with E-state index >= 15 is 0 Å². The molecule has 30 heavy (non-hydrogen) atoms. The number of hydrogen-bond donors (Lipinski definition) is 3. The molecular weight excluding hydrogens is 386 g/mol. The fourth-order valence-electron chi connectivity index (χ4n) is 3.62. The first-order valence-electron chi connectivity index (χ1n) is 10.2. The summed E-state index contributed by atoms with van der Waals surface area (Å²) in [4.78, 5) is 14.1. The molecule has 0 aliphatic carbocycles. The van der Waals surface area contributed by atoms with Crippen molar-refractivity contribution in [3.63, 3.8) is 0 Å². The monoisotopic (exact) mass is 417 g/mol. The zero-order chi connectivity index (χ0) is 21.7. The van der Waals surface area contributed by atoms with Gasteiger partial charge in [-0.15, -0.1) is 5.10 Å². The summed E-state index contributed by atoms with van der Waals surface area (Å²) >= 11 is 0. The highest BCUT2D eigenvalue weighted by Crippen LogP contribution is 2.25. The Kier molecular flexibility index (Phi) is 7.54. The lowest BCUT2D eigenvalue weighted by atomic mass is 10.1. The predicted molar refractivity (Wildman–Crippen MR) is 110 cm³/mol. The van der Waals surface area contributed by atoms with Crippen molar-refractivity contribution in [1.82, 2.24) is 25.2 Å². The number of carbonyl (C=O) groups is 1. The molecule has 3 rings (SSSR count). The number of nitrogens with one attached hydrogen (secondary N) is 1. The van der Waals surface area contributed by atoms with E-state index in [9.17, 15) is 15.0 Å². The number of hydrogen-bond acceptors (Lipinski definition) is 7. The lowest BCUT2D eigenvalue weighted by Crippen LogP contribution is -2.38. The SMILES string of the molecule is CC(C)NC(=O)C[C@H]1O[C@H](Cn2cc(CN(C)Cc3ccccc3)nn2)[C@@H](O)[C@H]1O. The molecule has 1 aromatic carbocycles. The van der Waals surface area contributed by atoms with Crippen LogP contribution in [0, 0.1) is 0 Å². The van der Waals surface area contributed by atoms with Crippen LogP contribution < -0.4 is 5.32 Å². The van der Waals surface area contributed by atoms with Crippen LogP contribution in [0.15, 0.2) is 36.5 Å². The zero-order valence-corrected chi connectivity index (χ0v) is 17.7. The molecule has 1 fully saturated rings. The number of ether oxygens (including phenoxy) is 1. The van der Waals surface area contributed by atoms with Crippen molar-refractivity contribution in [2.45, 2.75) is 70.4 Å². The highest BCUT2D eigenvalue weighted by molar-refractivity contribution is 5.76. The summed E-state index contributed by atoms with van der Waals surface area (Å²) in [6, 6.07) is 10.2. The van der Waals surface area contributed by atoms with Crippen molar-refractivity contribution in [3.8, 4) is 0 Å². The predicted octanol–water partition coefficient (Wildman–Crippen LogP) is 0.314. The van der Waals surface area contributed by atoms with E-state index in [4.69, 9.17) is 4.74 Å². The van der Waals surface area contributed by atoms with Crippen molar-refractivity contribution in [1.29, 1.82) is 0 Å². The van der Waals surface area contributed by atoms with Crippen molar-refractivity contribution in [2.24, 2.45) is 0 Å². The Balaban J connectivity index is 1.51. The summed E-state index contributed by atoms with van der Waals surface area (Å²) in [5.41, 5.74) is 2.02. The highest BCUT2D eigenvalue weighted by Gasteiger charge is 2.43. The molecule has 1 aromatic heterocycles. The summed E-state index contributed by atoms with van der Waals surface area (Å²) in [6.07, 6.45) is -1.80. The quantitative estimate of drug-likeness (QED) is 0.538. The second kappa shape index (κ2) is 10.1. The van der Waals surface area contributed by atoms with Crippen LogP contribution in [0.4, 0.5) is 0 Å². The summed E-state index contributed by atoms with van der Waals surface area (Å²) < 4.78 is 7.35. The number of carbonyl (C=O) groups excluding carboxylic acids is 1. The fourth-order valence-corrected chi connectivity index (χ4v) is 3.62. The van der Waals surface area contributed by atoms with E-state index in [1.807, 2.05) is 45.3 Å². The Labute approximate surface area is 176 Å². The summed E-state index contributed by atoms with van der Waals surface area (Å²) in [5.74, 6) is -0.216. The number of aromatic nitrogens is 3. The molecule has 3 N–H and O–H groups in total. The number of rotatable bonds is 9. The second-order valence-corrected chi connectivity index (χ2v) is 8.21. The molecule has 1 aliphatic heterocycles. The molecule has 1 saturated heterocycles. The Morgan fingerprint density at radius 2 is 1.90 bits per heavy atom. The van der Waals surface area contributed by atoms with E-state index in [-0.39, 0.29) is 24.9 Å².